The van der Waals surface area contributed by atoms with Gasteiger partial charge < -0.3 is 9.88 Å². The summed E-state index contributed by atoms with van der Waals surface area (Å²) in [7, 11) is -0.579. The molecule has 9 nitrogen and oxygen atoms in total. The van der Waals surface area contributed by atoms with E-state index in [0.717, 1.165) is 4.57 Å². The topological polar surface area (TPSA) is 110 Å². The molecule has 31 heavy (non-hydrogen) atoms. The number of aromatic nitrogens is 2. The lowest BCUT2D eigenvalue weighted by Gasteiger charge is -2.31. The number of carbonyl (C=O) groups is 1. The molecule has 10 heteroatoms. The van der Waals surface area contributed by atoms with Crippen LogP contribution in [0, 0.1) is 5.92 Å². The quantitative estimate of drug-likeness (QED) is 0.643. The van der Waals surface area contributed by atoms with E-state index in [0.29, 0.717) is 32.5 Å². The van der Waals surface area contributed by atoms with Crippen LogP contribution in [0.5, 0.6) is 0 Å². The number of nitrogens with zero attached hydrogens (tertiary/aromatic N) is 3. The van der Waals surface area contributed by atoms with Crippen LogP contribution in [-0.4, -0.2) is 47.4 Å². The number of nitrogens with one attached hydrogen (secondary N) is 1. The number of rotatable bonds is 6. The molecule has 1 saturated heterocycles. The third kappa shape index (κ3) is 5.20. The van der Waals surface area contributed by atoms with Gasteiger partial charge in [-0.15, -0.1) is 0 Å². The average Bonchev–Trinajstić information content (AvgIpc) is 2.78. The van der Waals surface area contributed by atoms with Gasteiger partial charge in [-0.2, -0.15) is 4.31 Å². The number of amides is 1. The van der Waals surface area contributed by atoms with Crippen molar-refractivity contribution in [1.82, 2.24) is 18.8 Å². The van der Waals surface area contributed by atoms with Crippen molar-refractivity contribution < 1.29 is 13.2 Å². The standard InChI is InChI=1S/C21H26N4O5S/c1-23-15-17(20(27)24(2)21(23)28)8-9-19(26)22-14-16-10-12-25(13-11-16)31(29,30)18-6-4-3-5-7-18/h3-9,15-16H,10-14H2,1-2H3,(H,22,26)/b9-8+. The number of carbonyl (C=O) groups excluding carboxylic acids is 1. The SMILES string of the molecule is Cn1cc(/C=C/C(=O)NCC2CCN(S(=O)(=O)c3ccccc3)CC2)c(=O)n(C)c1=O. The van der Waals surface area contributed by atoms with Gasteiger partial charge >= 0.3 is 5.69 Å². The monoisotopic (exact) mass is 446 g/mol. The maximum absolute atomic E-state index is 12.7. The van der Waals surface area contributed by atoms with E-state index in [4.69, 9.17) is 0 Å². The molecule has 1 fully saturated rings. The first kappa shape index (κ1) is 22.7. The summed E-state index contributed by atoms with van der Waals surface area (Å²) in [5, 5.41) is 2.80. The zero-order valence-corrected chi connectivity index (χ0v) is 18.3. The molecule has 0 unspecified atom stereocenters. The largest absolute Gasteiger partial charge is 0.352 e. The highest BCUT2D eigenvalue weighted by Gasteiger charge is 2.29. The Morgan fingerprint density at radius 1 is 1.13 bits per heavy atom. The summed E-state index contributed by atoms with van der Waals surface area (Å²) in [6.07, 6.45) is 5.33. The summed E-state index contributed by atoms with van der Waals surface area (Å²) >= 11 is 0. The summed E-state index contributed by atoms with van der Waals surface area (Å²) in [4.78, 5) is 36.2. The van der Waals surface area contributed by atoms with Crippen LogP contribution in [0.3, 0.4) is 0 Å². The Balaban J connectivity index is 1.52. The minimum absolute atomic E-state index is 0.171. The van der Waals surface area contributed by atoms with Gasteiger partial charge in [0.15, 0.2) is 0 Å². The second kappa shape index (κ2) is 9.44. The smallest absolute Gasteiger partial charge is 0.330 e. The van der Waals surface area contributed by atoms with E-state index in [1.165, 1.54) is 41.3 Å². The van der Waals surface area contributed by atoms with Gasteiger partial charge in [0, 0.05) is 46.0 Å². The molecule has 0 radical (unpaired) electrons. The van der Waals surface area contributed by atoms with E-state index in [9.17, 15) is 22.8 Å². The first-order chi connectivity index (χ1) is 14.7. The van der Waals surface area contributed by atoms with Crippen molar-refractivity contribution in [3.63, 3.8) is 0 Å². The second-order valence-electron chi connectivity index (χ2n) is 7.58. The highest BCUT2D eigenvalue weighted by molar-refractivity contribution is 7.89. The fourth-order valence-corrected chi connectivity index (χ4v) is 5.01. The highest BCUT2D eigenvalue weighted by atomic mass is 32.2. The zero-order chi connectivity index (χ0) is 22.6. The van der Waals surface area contributed by atoms with Gasteiger partial charge in [-0.1, -0.05) is 18.2 Å². The lowest BCUT2D eigenvalue weighted by atomic mass is 9.98. The number of hydrogen-bond donors (Lipinski definition) is 1. The molecule has 1 aromatic heterocycles. The van der Waals surface area contributed by atoms with E-state index >= 15 is 0 Å². The van der Waals surface area contributed by atoms with E-state index in [-0.39, 0.29) is 22.3 Å². The van der Waals surface area contributed by atoms with Crippen LogP contribution in [-0.2, 0) is 28.9 Å². The van der Waals surface area contributed by atoms with E-state index < -0.39 is 21.3 Å². The molecular formula is C21H26N4O5S. The van der Waals surface area contributed by atoms with E-state index in [2.05, 4.69) is 5.32 Å². The fourth-order valence-electron chi connectivity index (χ4n) is 3.52. The van der Waals surface area contributed by atoms with Crippen molar-refractivity contribution in [2.45, 2.75) is 17.7 Å². The van der Waals surface area contributed by atoms with Crippen molar-refractivity contribution >= 4 is 22.0 Å². The highest BCUT2D eigenvalue weighted by Crippen LogP contribution is 2.23. The van der Waals surface area contributed by atoms with Crippen LogP contribution in [0.2, 0.25) is 0 Å². The molecule has 1 amide bonds. The fraction of sp³-hybridized carbons (Fsp3) is 0.381. The van der Waals surface area contributed by atoms with Crippen molar-refractivity contribution in [2.24, 2.45) is 20.0 Å². The van der Waals surface area contributed by atoms with Crippen LogP contribution in [0.4, 0.5) is 0 Å². The average molecular weight is 447 g/mol. The summed E-state index contributed by atoms with van der Waals surface area (Å²) in [6.45, 7) is 1.23. The van der Waals surface area contributed by atoms with Crippen LogP contribution in [0.25, 0.3) is 6.08 Å². The van der Waals surface area contributed by atoms with Crippen molar-refractivity contribution in [3.8, 4) is 0 Å². The number of sulfonamides is 1. The Bertz CT molecular complexity index is 1190. The molecule has 3 rings (SSSR count). The van der Waals surface area contributed by atoms with Crippen molar-refractivity contribution in [2.75, 3.05) is 19.6 Å². The minimum Gasteiger partial charge on any atom is -0.352 e. The van der Waals surface area contributed by atoms with Crippen LogP contribution in [0.15, 0.2) is 57.1 Å². The summed E-state index contributed by atoms with van der Waals surface area (Å²) in [6, 6.07) is 8.36. The minimum atomic E-state index is -3.49. The predicted molar refractivity (Wildman–Crippen MR) is 117 cm³/mol. The normalized spacial score (nSPS) is 15.9. The van der Waals surface area contributed by atoms with Gasteiger partial charge in [0.1, 0.15) is 0 Å². The molecule has 1 N–H and O–H groups in total. The Hall–Kier alpha value is -2.98. The number of piperidine rings is 1. The Morgan fingerprint density at radius 3 is 2.42 bits per heavy atom. The van der Waals surface area contributed by atoms with Gasteiger partial charge in [-0.3, -0.25) is 14.2 Å². The number of hydrogen-bond acceptors (Lipinski definition) is 5. The summed E-state index contributed by atoms with van der Waals surface area (Å²) in [5.74, 6) is -0.180. The molecule has 1 aliphatic heterocycles. The molecule has 0 saturated carbocycles. The van der Waals surface area contributed by atoms with Gasteiger partial charge in [-0.05, 0) is 37.0 Å². The van der Waals surface area contributed by atoms with Gasteiger partial charge in [-0.25, -0.2) is 13.2 Å². The second-order valence-corrected chi connectivity index (χ2v) is 9.52. The molecule has 166 valence electrons. The van der Waals surface area contributed by atoms with E-state index in [1.807, 2.05) is 0 Å². The van der Waals surface area contributed by atoms with Crippen molar-refractivity contribution in [1.29, 1.82) is 0 Å². The molecule has 0 aliphatic carbocycles. The van der Waals surface area contributed by atoms with Crippen LogP contribution < -0.4 is 16.6 Å². The van der Waals surface area contributed by atoms with Crippen LogP contribution >= 0.6 is 0 Å². The van der Waals surface area contributed by atoms with E-state index in [1.54, 1.807) is 30.3 Å². The molecule has 2 aromatic rings. The van der Waals surface area contributed by atoms with Gasteiger partial charge in [0.25, 0.3) is 5.56 Å². The Morgan fingerprint density at radius 2 is 1.77 bits per heavy atom. The zero-order valence-electron chi connectivity index (χ0n) is 17.5. The number of benzene rings is 1. The molecule has 2 heterocycles. The molecular weight excluding hydrogens is 420 g/mol. The molecule has 1 aliphatic rings. The lowest BCUT2D eigenvalue weighted by molar-refractivity contribution is -0.116. The lowest BCUT2D eigenvalue weighted by Crippen LogP contribution is -2.41. The Labute approximate surface area is 180 Å². The Kier molecular flexibility index (Phi) is 6.91. The first-order valence-electron chi connectivity index (χ1n) is 9.98. The maximum atomic E-state index is 12.7. The van der Waals surface area contributed by atoms with Gasteiger partial charge in [0.2, 0.25) is 15.9 Å². The predicted octanol–water partition coefficient (Wildman–Crippen LogP) is 0.314. The van der Waals surface area contributed by atoms with Crippen molar-refractivity contribution in [3.05, 3.63) is 69.0 Å². The molecule has 1 aromatic carbocycles. The maximum Gasteiger partial charge on any atom is 0.330 e. The van der Waals surface area contributed by atoms with Crippen LogP contribution in [0.1, 0.15) is 18.4 Å². The summed E-state index contributed by atoms with van der Waals surface area (Å²) in [5.41, 5.74) is -0.675. The third-order valence-corrected chi connectivity index (χ3v) is 7.32. The number of aryl methyl sites for hydroxylation is 1. The summed E-state index contributed by atoms with van der Waals surface area (Å²) < 4.78 is 29.1. The molecule has 0 spiro atoms. The first-order valence-corrected chi connectivity index (χ1v) is 11.4. The molecule has 0 bridgehead atoms. The van der Waals surface area contributed by atoms with Gasteiger partial charge in [0.05, 0.1) is 10.5 Å². The third-order valence-electron chi connectivity index (χ3n) is 5.41. The molecule has 0 atom stereocenters.